The van der Waals surface area contributed by atoms with Gasteiger partial charge in [-0.25, -0.2) is 0 Å². The largest absolute Gasteiger partial charge is 0.308 e. The summed E-state index contributed by atoms with van der Waals surface area (Å²) < 4.78 is 0. The normalized spacial score (nSPS) is 12.4. The fourth-order valence-electron chi connectivity index (χ4n) is 1.11. The molecule has 0 aliphatic heterocycles. The molecule has 1 rings (SSSR count). The lowest BCUT2D eigenvalue weighted by atomic mass is 10.2. The van der Waals surface area contributed by atoms with Crippen LogP contribution in [0.5, 0.6) is 0 Å². The van der Waals surface area contributed by atoms with Gasteiger partial charge in [-0.3, -0.25) is 4.98 Å². The van der Waals surface area contributed by atoms with Gasteiger partial charge in [-0.1, -0.05) is 12.1 Å². The SMILES string of the molecule is C=CC[C@H](C)NCc1ccccn1. The molecule has 0 spiro atoms. The molecule has 0 amide bonds. The van der Waals surface area contributed by atoms with Crippen molar-refractivity contribution in [2.45, 2.75) is 25.9 Å². The molecule has 1 aromatic heterocycles. The molecular weight excluding hydrogens is 160 g/mol. The fraction of sp³-hybridized carbons (Fsp3) is 0.364. The highest BCUT2D eigenvalue weighted by Gasteiger charge is 1.98. The molecule has 0 aliphatic rings. The van der Waals surface area contributed by atoms with E-state index in [1.807, 2.05) is 30.5 Å². The number of pyridine rings is 1. The second kappa shape index (κ2) is 5.49. The number of rotatable bonds is 5. The Balaban J connectivity index is 2.30. The second-order valence-corrected chi connectivity index (χ2v) is 3.13. The van der Waals surface area contributed by atoms with E-state index in [4.69, 9.17) is 0 Å². The maximum Gasteiger partial charge on any atom is 0.0541 e. The zero-order valence-electron chi connectivity index (χ0n) is 8.03. The molecule has 0 radical (unpaired) electrons. The summed E-state index contributed by atoms with van der Waals surface area (Å²) >= 11 is 0. The Labute approximate surface area is 79.7 Å². The average Bonchev–Trinajstić information content (AvgIpc) is 2.17. The molecule has 1 heterocycles. The van der Waals surface area contributed by atoms with E-state index in [0.29, 0.717) is 6.04 Å². The number of nitrogens with one attached hydrogen (secondary N) is 1. The molecular formula is C11H16N2. The Morgan fingerprint density at radius 1 is 1.62 bits per heavy atom. The first kappa shape index (κ1) is 9.93. The van der Waals surface area contributed by atoms with E-state index in [-0.39, 0.29) is 0 Å². The Morgan fingerprint density at radius 3 is 3.08 bits per heavy atom. The van der Waals surface area contributed by atoms with Gasteiger partial charge in [0.2, 0.25) is 0 Å². The molecule has 70 valence electrons. The molecule has 0 saturated heterocycles. The molecule has 0 fully saturated rings. The predicted molar refractivity (Wildman–Crippen MR) is 55.4 cm³/mol. The molecule has 2 nitrogen and oxygen atoms in total. The third-order valence-electron chi connectivity index (χ3n) is 1.88. The second-order valence-electron chi connectivity index (χ2n) is 3.13. The van der Waals surface area contributed by atoms with Gasteiger partial charge in [-0.15, -0.1) is 6.58 Å². The van der Waals surface area contributed by atoms with Crippen LogP contribution in [0.4, 0.5) is 0 Å². The van der Waals surface area contributed by atoms with Crippen LogP contribution < -0.4 is 5.32 Å². The summed E-state index contributed by atoms with van der Waals surface area (Å²) in [5, 5.41) is 3.37. The van der Waals surface area contributed by atoms with Gasteiger partial charge in [0.1, 0.15) is 0 Å². The van der Waals surface area contributed by atoms with Crippen LogP contribution in [0.15, 0.2) is 37.1 Å². The van der Waals surface area contributed by atoms with Crippen LogP contribution >= 0.6 is 0 Å². The van der Waals surface area contributed by atoms with Crippen molar-refractivity contribution in [2.24, 2.45) is 0 Å². The van der Waals surface area contributed by atoms with Gasteiger partial charge >= 0.3 is 0 Å². The molecule has 1 N–H and O–H groups in total. The lowest BCUT2D eigenvalue weighted by molar-refractivity contribution is 0.548. The minimum atomic E-state index is 0.472. The zero-order chi connectivity index (χ0) is 9.52. The highest BCUT2D eigenvalue weighted by Crippen LogP contribution is 1.96. The number of aromatic nitrogens is 1. The van der Waals surface area contributed by atoms with Crippen molar-refractivity contribution in [3.8, 4) is 0 Å². The summed E-state index contributed by atoms with van der Waals surface area (Å²) in [6.07, 6.45) is 4.73. The maximum absolute atomic E-state index is 4.22. The molecule has 1 aromatic rings. The van der Waals surface area contributed by atoms with Crippen LogP contribution in [0.1, 0.15) is 19.0 Å². The summed E-state index contributed by atoms with van der Waals surface area (Å²) in [6, 6.07) is 6.42. The molecule has 0 aliphatic carbocycles. The Kier molecular flexibility index (Phi) is 4.19. The van der Waals surface area contributed by atoms with E-state index >= 15 is 0 Å². The molecule has 2 heteroatoms. The molecule has 0 saturated carbocycles. The average molecular weight is 176 g/mol. The molecule has 0 bridgehead atoms. The van der Waals surface area contributed by atoms with Gasteiger partial charge in [0, 0.05) is 18.8 Å². The van der Waals surface area contributed by atoms with Gasteiger partial charge < -0.3 is 5.32 Å². The summed E-state index contributed by atoms with van der Waals surface area (Å²) in [7, 11) is 0. The van der Waals surface area contributed by atoms with E-state index < -0.39 is 0 Å². The van der Waals surface area contributed by atoms with Crippen molar-refractivity contribution in [1.29, 1.82) is 0 Å². The van der Waals surface area contributed by atoms with E-state index in [1.54, 1.807) is 0 Å². The van der Waals surface area contributed by atoms with E-state index in [1.165, 1.54) is 0 Å². The van der Waals surface area contributed by atoms with Crippen LogP contribution in [0.25, 0.3) is 0 Å². The smallest absolute Gasteiger partial charge is 0.0541 e. The molecule has 1 atom stereocenters. The topological polar surface area (TPSA) is 24.9 Å². The highest BCUT2D eigenvalue weighted by atomic mass is 14.9. The van der Waals surface area contributed by atoms with Crippen LogP contribution in [-0.2, 0) is 6.54 Å². The number of nitrogens with zero attached hydrogens (tertiary/aromatic N) is 1. The third kappa shape index (κ3) is 3.85. The lowest BCUT2D eigenvalue weighted by Crippen LogP contribution is -2.25. The third-order valence-corrected chi connectivity index (χ3v) is 1.88. The van der Waals surface area contributed by atoms with Crippen LogP contribution in [0.2, 0.25) is 0 Å². The Bertz CT molecular complexity index is 244. The van der Waals surface area contributed by atoms with Crippen molar-refractivity contribution in [3.05, 3.63) is 42.7 Å². The van der Waals surface area contributed by atoms with Crippen molar-refractivity contribution in [3.63, 3.8) is 0 Å². The van der Waals surface area contributed by atoms with Gasteiger partial charge in [0.05, 0.1) is 5.69 Å². The molecule has 0 unspecified atom stereocenters. The van der Waals surface area contributed by atoms with Crippen LogP contribution in [0, 0.1) is 0 Å². The van der Waals surface area contributed by atoms with E-state index in [9.17, 15) is 0 Å². The monoisotopic (exact) mass is 176 g/mol. The highest BCUT2D eigenvalue weighted by molar-refractivity contribution is 5.03. The van der Waals surface area contributed by atoms with Crippen molar-refractivity contribution in [2.75, 3.05) is 0 Å². The van der Waals surface area contributed by atoms with Crippen LogP contribution in [0.3, 0.4) is 0 Å². The molecule has 0 aromatic carbocycles. The standard InChI is InChI=1S/C11H16N2/c1-3-6-10(2)13-9-11-7-4-5-8-12-11/h3-5,7-8,10,13H,1,6,9H2,2H3/t10-/m0/s1. The summed E-state index contributed by atoms with van der Waals surface area (Å²) in [5.41, 5.74) is 1.08. The lowest BCUT2D eigenvalue weighted by Gasteiger charge is -2.10. The summed E-state index contributed by atoms with van der Waals surface area (Å²) in [4.78, 5) is 4.22. The predicted octanol–water partition coefficient (Wildman–Crippen LogP) is 2.14. The van der Waals surface area contributed by atoms with Crippen molar-refractivity contribution < 1.29 is 0 Å². The minimum absolute atomic E-state index is 0.472. The maximum atomic E-state index is 4.22. The minimum Gasteiger partial charge on any atom is -0.308 e. The Hall–Kier alpha value is -1.15. The summed E-state index contributed by atoms with van der Waals surface area (Å²) in [5.74, 6) is 0. The van der Waals surface area contributed by atoms with Crippen LogP contribution in [-0.4, -0.2) is 11.0 Å². The first-order valence-corrected chi connectivity index (χ1v) is 4.57. The molecule has 13 heavy (non-hydrogen) atoms. The van der Waals surface area contributed by atoms with Gasteiger partial charge in [-0.2, -0.15) is 0 Å². The van der Waals surface area contributed by atoms with Gasteiger partial charge in [0.15, 0.2) is 0 Å². The fourth-order valence-corrected chi connectivity index (χ4v) is 1.11. The van der Waals surface area contributed by atoms with Gasteiger partial charge in [0.25, 0.3) is 0 Å². The van der Waals surface area contributed by atoms with Crippen molar-refractivity contribution >= 4 is 0 Å². The van der Waals surface area contributed by atoms with E-state index in [2.05, 4.69) is 23.8 Å². The number of hydrogen-bond acceptors (Lipinski definition) is 2. The first-order valence-electron chi connectivity index (χ1n) is 4.57. The van der Waals surface area contributed by atoms with Crippen molar-refractivity contribution in [1.82, 2.24) is 10.3 Å². The zero-order valence-corrected chi connectivity index (χ0v) is 8.03. The number of hydrogen-bond donors (Lipinski definition) is 1. The van der Waals surface area contributed by atoms with E-state index in [0.717, 1.165) is 18.7 Å². The van der Waals surface area contributed by atoms with Gasteiger partial charge in [-0.05, 0) is 25.5 Å². The summed E-state index contributed by atoms with van der Waals surface area (Å²) in [6.45, 7) is 6.67. The first-order chi connectivity index (χ1) is 6.33. The Morgan fingerprint density at radius 2 is 2.46 bits per heavy atom. The quantitative estimate of drug-likeness (QED) is 0.695.